The largest absolute Gasteiger partial charge is 0.0845 e. The Bertz CT molecular complexity index is 406. The SMILES string of the molecule is C[C@@]12CCCC1C1CC=C3CCCC[C@]3(C)C1CC2. The highest BCUT2D eigenvalue weighted by atomic mass is 14.6. The third-order valence-electron chi connectivity index (χ3n) is 7.80. The first-order valence-electron chi connectivity index (χ1n) is 8.83. The molecule has 0 saturated heterocycles. The van der Waals surface area contributed by atoms with Crippen LogP contribution in [0.2, 0.25) is 0 Å². The first-order chi connectivity index (χ1) is 9.13. The maximum absolute atomic E-state index is 2.70. The number of allylic oxidation sites excluding steroid dienone is 2. The quantitative estimate of drug-likeness (QED) is 0.487. The molecule has 5 atom stereocenters. The lowest BCUT2D eigenvalue weighted by Crippen LogP contribution is -2.48. The van der Waals surface area contributed by atoms with E-state index in [-0.39, 0.29) is 0 Å². The van der Waals surface area contributed by atoms with E-state index in [0.717, 1.165) is 23.2 Å². The van der Waals surface area contributed by atoms with E-state index in [1.807, 2.05) is 5.57 Å². The van der Waals surface area contributed by atoms with Crippen molar-refractivity contribution in [2.75, 3.05) is 0 Å². The molecule has 0 N–H and O–H groups in total. The maximum Gasteiger partial charge on any atom is -0.00853 e. The topological polar surface area (TPSA) is 0 Å². The van der Waals surface area contributed by atoms with E-state index in [1.54, 1.807) is 0 Å². The average Bonchev–Trinajstić information content (AvgIpc) is 2.79. The molecule has 0 aromatic heterocycles. The van der Waals surface area contributed by atoms with Gasteiger partial charge in [-0.25, -0.2) is 0 Å². The summed E-state index contributed by atoms with van der Waals surface area (Å²) in [6, 6.07) is 0. The second-order valence-electron chi connectivity index (χ2n) is 8.55. The molecule has 19 heavy (non-hydrogen) atoms. The monoisotopic (exact) mass is 258 g/mol. The molecule has 4 aliphatic rings. The van der Waals surface area contributed by atoms with Crippen LogP contribution in [0, 0.1) is 28.6 Å². The van der Waals surface area contributed by atoms with Crippen LogP contribution >= 0.6 is 0 Å². The zero-order valence-corrected chi connectivity index (χ0v) is 12.9. The fourth-order valence-electron chi connectivity index (χ4n) is 6.69. The molecule has 0 aromatic rings. The van der Waals surface area contributed by atoms with Gasteiger partial charge in [-0.1, -0.05) is 38.3 Å². The van der Waals surface area contributed by atoms with Crippen LogP contribution in [0.25, 0.3) is 0 Å². The van der Waals surface area contributed by atoms with Gasteiger partial charge in [-0.05, 0) is 80.0 Å². The number of hydrogen-bond acceptors (Lipinski definition) is 0. The Morgan fingerprint density at radius 2 is 1.84 bits per heavy atom. The molecule has 4 aliphatic carbocycles. The van der Waals surface area contributed by atoms with Crippen molar-refractivity contribution in [3.63, 3.8) is 0 Å². The van der Waals surface area contributed by atoms with E-state index < -0.39 is 0 Å². The van der Waals surface area contributed by atoms with Gasteiger partial charge in [0.1, 0.15) is 0 Å². The average molecular weight is 258 g/mol. The van der Waals surface area contributed by atoms with Crippen LogP contribution in [-0.2, 0) is 0 Å². The van der Waals surface area contributed by atoms with Crippen LogP contribution in [0.4, 0.5) is 0 Å². The van der Waals surface area contributed by atoms with Crippen molar-refractivity contribution < 1.29 is 0 Å². The van der Waals surface area contributed by atoms with Crippen LogP contribution in [-0.4, -0.2) is 0 Å². The molecule has 3 fully saturated rings. The summed E-state index contributed by atoms with van der Waals surface area (Å²) in [5, 5.41) is 0. The minimum Gasteiger partial charge on any atom is -0.0845 e. The summed E-state index contributed by atoms with van der Waals surface area (Å²) in [5.41, 5.74) is 3.18. The third kappa shape index (κ3) is 1.64. The van der Waals surface area contributed by atoms with Crippen LogP contribution in [0.5, 0.6) is 0 Å². The Morgan fingerprint density at radius 1 is 0.947 bits per heavy atom. The summed E-state index contributed by atoms with van der Waals surface area (Å²) in [4.78, 5) is 0. The first kappa shape index (κ1) is 12.5. The molecule has 3 saturated carbocycles. The summed E-state index contributed by atoms with van der Waals surface area (Å²) >= 11 is 0. The molecule has 0 radical (unpaired) electrons. The van der Waals surface area contributed by atoms with Crippen molar-refractivity contribution in [2.45, 2.75) is 78.1 Å². The molecule has 4 rings (SSSR count). The summed E-state index contributed by atoms with van der Waals surface area (Å²) in [6.07, 6.45) is 17.6. The van der Waals surface area contributed by atoms with Crippen molar-refractivity contribution >= 4 is 0 Å². The summed E-state index contributed by atoms with van der Waals surface area (Å²) < 4.78 is 0. The van der Waals surface area contributed by atoms with Gasteiger partial charge in [-0.15, -0.1) is 0 Å². The molecule has 0 nitrogen and oxygen atoms in total. The van der Waals surface area contributed by atoms with Crippen molar-refractivity contribution in [3.05, 3.63) is 11.6 Å². The summed E-state index contributed by atoms with van der Waals surface area (Å²) in [7, 11) is 0. The van der Waals surface area contributed by atoms with Gasteiger partial charge >= 0.3 is 0 Å². The molecule has 0 spiro atoms. The van der Waals surface area contributed by atoms with Gasteiger partial charge < -0.3 is 0 Å². The summed E-state index contributed by atoms with van der Waals surface area (Å²) in [6.45, 7) is 5.25. The lowest BCUT2D eigenvalue weighted by Gasteiger charge is -2.56. The zero-order valence-electron chi connectivity index (χ0n) is 12.9. The van der Waals surface area contributed by atoms with E-state index in [0.29, 0.717) is 5.41 Å². The molecule has 0 bridgehead atoms. The predicted molar refractivity (Wildman–Crippen MR) is 80.9 cm³/mol. The van der Waals surface area contributed by atoms with Crippen molar-refractivity contribution in [2.24, 2.45) is 28.6 Å². The highest BCUT2D eigenvalue weighted by Gasteiger charge is 2.54. The Kier molecular flexibility index (Phi) is 2.71. The standard InChI is InChI=1S/C19H30/c1-18-11-5-7-16(18)15-9-8-14-6-3-4-12-19(14,2)17(15)10-13-18/h8,15-17H,3-7,9-13H2,1-2H3/t15?,16?,17?,18-,19-/m0/s1. The Morgan fingerprint density at radius 3 is 2.74 bits per heavy atom. The van der Waals surface area contributed by atoms with E-state index in [1.165, 1.54) is 64.2 Å². The lowest BCUT2D eigenvalue weighted by atomic mass is 9.48. The smallest absolute Gasteiger partial charge is 0.00853 e. The fourth-order valence-corrected chi connectivity index (χ4v) is 6.69. The van der Waals surface area contributed by atoms with Gasteiger partial charge in [0.15, 0.2) is 0 Å². The molecule has 3 unspecified atom stereocenters. The van der Waals surface area contributed by atoms with Gasteiger partial charge in [-0.2, -0.15) is 0 Å². The second kappa shape index (κ2) is 4.12. The minimum absolute atomic E-state index is 0.602. The molecule has 0 aliphatic heterocycles. The summed E-state index contributed by atoms with van der Waals surface area (Å²) in [5.74, 6) is 3.12. The van der Waals surface area contributed by atoms with E-state index >= 15 is 0 Å². The van der Waals surface area contributed by atoms with Crippen LogP contribution in [0.1, 0.15) is 78.1 Å². The normalized spacial score (nSPS) is 52.9. The van der Waals surface area contributed by atoms with Crippen LogP contribution in [0.15, 0.2) is 11.6 Å². The molecular formula is C19H30. The molecular weight excluding hydrogens is 228 g/mol. The lowest BCUT2D eigenvalue weighted by molar-refractivity contribution is -0.0248. The van der Waals surface area contributed by atoms with Crippen molar-refractivity contribution in [1.82, 2.24) is 0 Å². The number of hydrogen-bond donors (Lipinski definition) is 0. The molecule has 0 heterocycles. The van der Waals surface area contributed by atoms with Gasteiger partial charge in [0, 0.05) is 0 Å². The van der Waals surface area contributed by atoms with E-state index in [9.17, 15) is 0 Å². The third-order valence-corrected chi connectivity index (χ3v) is 7.80. The van der Waals surface area contributed by atoms with Crippen molar-refractivity contribution in [3.8, 4) is 0 Å². The molecule has 0 heteroatoms. The van der Waals surface area contributed by atoms with Gasteiger partial charge in [0.25, 0.3) is 0 Å². The predicted octanol–water partition coefficient (Wildman–Crippen LogP) is 5.73. The Hall–Kier alpha value is -0.260. The molecule has 0 amide bonds. The zero-order chi connectivity index (χ0) is 13.1. The number of fused-ring (bicyclic) bond motifs is 5. The Labute approximate surface area is 119 Å². The van der Waals surface area contributed by atoms with E-state index in [2.05, 4.69) is 19.9 Å². The molecule has 106 valence electrons. The highest BCUT2D eigenvalue weighted by Crippen LogP contribution is 2.64. The molecule has 0 aromatic carbocycles. The Balaban J connectivity index is 1.70. The fraction of sp³-hybridized carbons (Fsp3) is 0.895. The highest BCUT2D eigenvalue weighted by molar-refractivity contribution is 5.23. The second-order valence-corrected chi connectivity index (χ2v) is 8.55. The van der Waals surface area contributed by atoms with Crippen molar-refractivity contribution in [1.29, 1.82) is 0 Å². The maximum atomic E-state index is 2.70. The van der Waals surface area contributed by atoms with Gasteiger partial charge in [0.05, 0.1) is 0 Å². The van der Waals surface area contributed by atoms with Gasteiger partial charge in [-0.3, -0.25) is 0 Å². The van der Waals surface area contributed by atoms with E-state index in [4.69, 9.17) is 0 Å². The van der Waals surface area contributed by atoms with Crippen LogP contribution < -0.4 is 0 Å². The van der Waals surface area contributed by atoms with Crippen LogP contribution in [0.3, 0.4) is 0 Å². The van der Waals surface area contributed by atoms with Gasteiger partial charge in [0.2, 0.25) is 0 Å². The number of rotatable bonds is 0. The minimum atomic E-state index is 0.602. The first-order valence-corrected chi connectivity index (χ1v) is 8.83.